The summed E-state index contributed by atoms with van der Waals surface area (Å²) >= 11 is 0. The zero-order valence-electron chi connectivity index (χ0n) is 15.1. The van der Waals surface area contributed by atoms with Gasteiger partial charge in [-0.05, 0) is 36.4 Å². The third kappa shape index (κ3) is 3.35. The van der Waals surface area contributed by atoms with Crippen molar-refractivity contribution in [2.24, 2.45) is 0 Å². The van der Waals surface area contributed by atoms with E-state index in [0.29, 0.717) is 5.95 Å². The molecule has 4 aromatic rings. The SMILES string of the molecule is c1cc(-c2ccc(N3CCNCC3)nc2)nc(Nc2ccc3[nH]nnc3c2)n1. The minimum absolute atomic E-state index is 0.520. The molecule has 0 aliphatic carbocycles. The molecule has 0 saturated carbocycles. The summed E-state index contributed by atoms with van der Waals surface area (Å²) in [7, 11) is 0. The van der Waals surface area contributed by atoms with Gasteiger partial charge in [0.15, 0.2) is 0 Å². The number of pyridine rings is 1. The summed E-state index contributed by atoms with van der Waals surface area (Å²) in [4.78, 5) is 15.8. The van der Waals surface area contributed by atoms with Crippen molar-refractivity contribution in [3.05, 3.63) is 48.8 Å². The van der Waals surface area contributed by atoms with E-state index >= 15 is 0 Å². The Kier molecular flexibility index (Phi) is 4.26. The van der Waals surface area contributed by atoms with Crippen LogP contribution >= 0.6 is 0 Å². The number of nitrogens with zero attached hydrogens (tertiary/aromatic N) is 6. The average molecular weight is 373 g/mol. The Morgan fingerprint density at radius 2 is 1.93 bits per heavy atom. The Hall–Kier alpha value is -3.59. The first-order chi connectivity index (χ1) is 13.8. The third-order valence-electron chi connectivity index (χ3n) is 4.72. The highest BCUT2D eigenvalue weighted by molar-refractivity contribution is 5.79. The van der Waals surface area contributed by atoms with Crippen LogP contribution in [0, 0.1) is 0 Å². The van der Waals surface area contributed by atoms with Crippen molar-refractivity contribution < 1.29 is 0 Å². The van der Waals surface area contributed by atoms with E-state index in [-0.39, 0.29) is 0 Å². The highest BCUT2D eigenvalue weighted by atomic mass is 15.3. The number of fused-ring (bicyclic) bond motifs is 1. The fraction of sp³-hybridized carbons (Fsp3) is 0.211. The van der Waals surface area contributed by atoms with Crippen LogP contribution < -0.4 is 15.5 Å². The summed E-state index contributed by atoms with van der Waals surface area (Å²) in [6.07, 6.45) is 3.61. The molecule has 0 amide bonds. The lowest BCUT2D eigenvalue weighted by atomic mass is 10.2. The molecule has 3 N–H and O–H groups in total. The molecule has 1 aliphatic rings. The summed E-state index contributed by atoms with van der Waals surface area (Å²) in [5, 5.41) is 17.2. The fourth-order valence-electron chi connectivity index (χ4n) is 3.25. The molecular weight excluding hydrogens is 354 g/mol. The lowest BCUT2D eigenvalue weighted by Gasteiger charge is -2.28. The fourth-order valence-corrected chi connectivity index (χ4v) is 3.25. The van der Waals surface area contributed by atoms with Crippen molar-refractivity contribution in [1.82, 2.24) is 35.7 Å². The standard InChI is InChI=1S/C19H19N9/c1-4-18(28-9-7-20-8-10-28)22-12-13(1)15-5-6-21-19(24-15)23-14-2-3-16-17(11-14)26-27-25-16/h1-6,11-12,20H,7-10H2,(H,21,23,24)(H,25,26,27). The van der Waals surface area contributed by atoms with Gasteiger partial charge in [0.25, 0.3) is 0 Å². The lowest BCUT2D eigenvalue weighted by Crippen LogP contribution is -2.43. The normalized spacial score (nSPS) is 14.4. The summed E-state index contributed by atoms with van der Waals surface area (Å²) < 4.78 is 0. The molecule has 140 valence electrons. The zero-order valence-corrected chi connectivity index (χ0v) is 15.1. The number of piperazine rings is 1. The van der Waals surface area contributed by atoms with Crippen LogP contribution in [-0.2, 0) is 0 Å². The molecule has 28 heavy (non-hydrogen) atoms. The highest BCUT2D eigenvalue weighted by Crippen LogP contribution is 2.22. The second-order valence-electron chi connectivity index (χ2n) is 6.58. The monoisotopic (exact) mass is 373 g/mol. The van der Waals surface area contributed by atoms with E-state index in [0.717, 1.165) is 60.0 Å². The van der Waals surface area contributed by atoms with E-state index in [1.807, 2.05) is 36.5 Å². The maximum atomic E-state index is 4.62. The molecule has 0 unspecified atom stereocenters. The van der Waals surface area contributed by atoms with Crippen molar-refractivity contribution in [2.75, 3.05) is 36.4 Å². The molecule has 0 radical (unpaired) electrons. The average Bonchev–Trinajstić information content (AvgIpc) is 3.23. The Labute approximate surface area is 161 Å². The number of aromatic amines is 1. The summed E-state index contributed by atoms with van der Waals surface area (Å²) in [6.45, 7) is 3.93. The van der Waals surface area contributed by atoms with Crippen molar-refractivity contribution in [1.29, 1.82) is 0 Å². The Balaban J connectivity index is 1.36. The van der Waals surface area contributed by atoms with Crippen molar-refractivity contribution in [2.45, 2.75) is 0 Å². The Bertz CT molecular complexity index is 1080. The molecule has 9 nitrogen and oxygen atoms in total. The smallest absolute Gasteiger partial charge is 0.227 e. The van der Waals surface area contributed by atoms with Gasteiger partial charge in [0.2, 0.25) is 5.95 Å². The lowest BCUT2D eigenvalue weighted by molar-refractivity contribution is 0.585. The number of aromatic nitrogens is 6. The first kappa shape index (κ1) is 16.6. The van der Waals surface area contributed by atoms with Gasteiger partial charge in [-0.15, -0.1) is 5.10 Å². The van der Waals surface area contributed by atoms with Gasteiger partial charge in [-0.3, -0.25) is 5.10 Å². The van der Waals surface area contributed by atoms with E-state index in [4.69, 9.17) is 0 Å². The number of hydrogen-bond acceptors (Lipinski definition) is 8. The molecule has 1 saturated heterocycles. The van der Waals surface area contributed by atoms with Crippen LogP contribution in [0.25, 0.3) is 22.3 Å². The molecule has 4 heterocycles. The highest BCUT2D eigenvalue weighted by Gasteiger charge is 2.12. The molecule has 3 aromatic heterocycles. The van der Waals surface area contributed by atoms with Crippen LogP contribution in [0.5, 0.6) is 0 Å². The molecule has 1 fully saturated rings. The Morgan fingerprint density at radius 3 is 2.79 bits per heavy atom. The maximum Gasteiger partial charge on any atom is 0.227 e. The number of nitrogens with one attached hydrogen (secondary N) is 3. The van der Waals surface area contributed by atoms with Crippen molar-refractivity contribution >= 4 is 28.5 Å². The number of rotatable bonds is 4. The summed E-state index contributed by atoms with van der Waals surface area (Å²) in [5.41, 5.74) is 4.30. The molecular formula is C19H19N9. The largest absolute Gasteiger partial charge is 0.354 e. The van der Waals surface area contributed by atoms with Crippen LogP contribution in [-0.4, -0.2) is 56.5 Å². The second kappa shape index (κ2) is 7.20. The van der Waals surface area contributed by atoms with E-state index in [1.165, 1.54) is 0 Å². The summed E-state index contributed by atoms with van der Waals surface area (Å²) in [5.74, 6) is 1.52. The van der Waals surface area contributed by atoms with Gasteiger partial charge in [0.05, 0.1) is 11.2 Å². The number of anilines is 3. The molecule has 0 spiro atoms. The first-order valence-electron chi connectivity index (χ1n) is 9.18. The van der Waals surface area contributed by atoms with Crippen LogP contribution in [0.4, 0.5) is 17.5 Å². The van der Waals surface area contributed by atoms with E-state index in [9.17, 15) is 0 Å². The number of H-pyrrole nitrogens is 1. The predicted octanol–water partition coefficient (Wildman–Crippen LogP) is 1.96. The minimum atomic E-state index is 0.520. The Morgan fingerprint density at radius 1 is 1.00 bits per heavy atom. The molecule has 0 atom stereocenters. The van der Waals surface area contributed by atoms with Gasteiger partial charge in [0.1, 0.15) is 11.3 Å². The zero-order chi connectivity index (χ0) is 18.8. The van der Waals surface area contributed by atoms with E-state index in [2.05, 4.69) is 52.0 Å². The van der Waals surface area contributed by atoms with Crippen LogP contribution in [0.1, 0.15) is 0 Å². The van der Waals surface area contributed by atoms with Crippen molar-refractivity contribution in [3.63, 3.8) is 0 Å². The molecule has 1 aromatic carbocycles. The van der Waals surface area contributed by atoms with E-state index in [1.54, 1.807) is 6.20 Å². The van der Waals surface area contributed by atoms with E-state index < -0.39 is 0 Å². The second-order valence-corrected chi connectivity index (χ2v) is 6.58. The van der Waals surface area contributed by atoms with Crippen molar-refractivity contribution in [3.8, 4) is 11.3 Å². The van der Waals surface area contributed by atoms with Gasteiger partial charge in [-0.25, -0.2) is 15.0 Å². The molecule has 5 rings (SSSR count). The van der Waals surface area contributed by atoms with Crippen LogP contribution in [0.2, 0.25) is 0 Å². The van der Waals surface area contributed by atoms with Gasteiger partial charge in [-0.2, -0.15) is 0 Å². The predicted molar refractivity (Wildman–Crippen MR) is 108 cm³/mol. The third-order valence-corrected chi connectivity index (χ3v) is 4.72. The number of hydrogen-bond donors (Lipinski definition) is 3. The van der Waals surface area contributed by atoms with Gasteiger partial charge < -0.3 is 15.5 Å². The van der Waals surface area contributed by atoms with Gasteiger partial charge >= 0.3 is 0 Å². The molecule has 1 aliphatic heterocycles. The quantitative estimate of drug-likeness (QED) is 0.498. The van der Waals surface area contributed by atoms with Gasteiger partial charge in [-0.1, -0.05) is 5.21 Å². The van der Waals surface area contributed by atoms with Crippen LogP contribution in [0.15, 0.2) is 48.8 Å². The number of benzene rings is 1. The van der Waals surface area contributed by atoms with Crippen LogP contribution in [0.3, 0.4) is 0 Å². The van der Waals surface area contributed by atoms with Gasteiger partial charge in [0, 0.05) is 49.8 Å². The molecule has 0 bridgehead atoms. The minimum Gasteiger partial charge on any atom is -0.354 e. The topological polar surface area (TPSA) is 108 Å². The summed E-state index contributed by atoms with van der Waals surface area (Å²) in [6, 6.07) is 11.7. The first-order valence-corrected chi connectivity index (χ1v) is 9.18. The maximum absolute atomic E-state index is 4.62. The molecule has 9 heteroatoms.